The molecule has 0 amide bonds. The molecule has 1 fully saturated rings. The van der Waals surface area contributed by atoms with Gasteiger partial charge in [-0.25, -0.2) is 4.39 Å². The zero-order valence-corrected chi connectivity index (χ0v) is 10.1. The average molecular weight is 231 g/mol. The van der Waals surface area contributed by atoms with Crippen molar-refractivity contribution in [1.82, 2.24) is 0 Å². The molecule has 0 aromatic heterocycles. The quantitative estimate of drug-likeness (QED) is 0.781. The molecule has 1 N–H and O–H groups in total. The number of hydrogen-bond acceptors (Lipinski definition) is 1. The molecule has 1 aromatic carbocycles. The standard InChI is InChI=1S/C15H18FN/c1-10-6-14(16)4-5-15(10)17-9-13-8-11-2-3-12(13)7-11/h2-6,11-13,17H,7-9H2,1H3. The van der Waals surface area contributed by atoms with Gasteiger partial charge in [-0.15, -0.1) is 0 Å². The Balaban J connectivity index is 1.62. The lowest BCUT2D eigenvalue weighted by atomic mass is 9.93. The molecule has 1 saturated carbocycles. The van der Waals surface area contributed by atoms with E-state index in [9.17, 15) is 4.39 Å². The van der Waals surface area contributed by atoms with E-state index in [0.29, 0.717) is 0 Å². The Bertz CT molecular complexity index is 452. The van der Waals surface area contributed by atoms with Gasteiger partial charge in [0.25, 0.3) is 0 Å². The summed E-state index contributed by atoms with van der Waals surface area (Å²) in [6.45, 7) is 2.96. The van der Waals surface area contributed by atoms with Crippen molar-refractivity contribution in [2.45, 2.75) is 19.8 Å². The summed E-state index contributed by atoms with van der Waals surface area (Å²) in [6, 6.07) is 4.95. The molecule has 3 atom stereocenters. The highest BCUT2D eigenvalue weighted by atomic mass is 19.1. The molecule has 0 heterocycles. The Hall–Kier alpha value is -1.31. The molecule has 2 heteroatoms. The third kappa shape index (κ3) is 2.08. The SMILES string of the molecule is Cc1cc(F)ccc1NCC1CC2C=CC1C2. The summed E-state index contributed by atoms with van der Waals surface area (Å²) < 4.78 is 13.0. The summed E-state index contributed by atoms with van der Waals surface area (Å²) >= 11 is 0. The number of hydrogen-bond donors (Lipinski definition) is 1. The molecule has 0 spiro atoms. The second-order valence-corrected chi connectivity index (χ2v) is 5.38. The van der Waals surface area contributed by atoms with E-state index in [4.69, 9.17) is 0 Å². The Morgan fingerprint density at radius 2 is 2.18 bits per heavy atom. The van der Waals surface area contributed by atoms with Gasteiger partial charge in [-0.3, -0.25) is 0 Å². The average Bonchev–Trinajstić information content (AvgIpc) is 2.89. The maximum atomic E-state index is 13.0. The van der Waals surface area contributed by atoms with E-state index in [2.05, 4.69) is 17.5 Å². The van der Waals surface area contributed by atoms with Crippen molar-refractivity contribution >= 4 is 5.69 Å². The Labute approximate surface area is 102 Å². The molecule has 17 heavy (non-hydrogen) atoms. The van der Waals surface area contributed by atoms with Gasteiger partial charge >= 0.3 is 0 Å². The number of aryl methyl sites for hydroxylation is 1. The van der Waals surface area contributed by atoms with E-state index in [1.54, 1.807) is 6.07 Å². The van der Waals surface area contributed by atoms with Crippen LogP contribution >= 0.6 is 0 Å². The van der Waals surface area contributed by atoms with E-state index in [0.717, 1.165) is 35.5 Å². The van der Waals surface area contributed by atoms with E-state index < -0.39 is 0 Å². The van der Waals surface area contributed by atoms with Crippen LogP contribution in [0.4, 0.5) is 10.1 Å². The van der Waals surface area contributed by atoms with Crippen molar-refractivity contribution in [3.63, 3.8) is 0 Å². The van der Waals surface area contributed by atoms with Crippen LogP contribution in [0.25, 0.3) is 0 Å². The summed E-state index contributed by atoms with van der Waals surface area (Å²) in [7, 11) is 0. The lowest BCUT2D eigenvalue weighted by molar-refractivity contribution is 0.472. The molecule has 1 aromatic rings. The van der Waals surface area contributed by atoms with Crippen LogP contribution in [0.5, 0.6) is 0 Å². The van der Waals surface area contributed by atoms with Crippen LogP contribution in [-0.2, 0) is 0 Å². The molecule has 2 aliphatic carbocycles. The molecule has 3 rings (SSSR count). The monoisotopic (exact) mass is 231 g/mol. The van der Waals surface area contributed by atoms with Gasteiger partial charge in [0.05, 0.1) is 0 Å². The highest BCUT2D eigenvalue weighted by Crippen LogP contribution is 2.43. The van der Waals surface area contributed by atoms with Crippen molar-refractivity contribution in [3.05, 3.63) is 41.7 Å². The van der Waals surface area contributed by atoms with Gasteiger partial charge in [-0.2, -0.15) is 0 Å². The molecule has 0 aliphatic heterocycles. The molecule has 3 unspecified atom stereocenters. The predicted octanol–water partition coefficient (Wildman–Crippen LogP) is 3.76. The molecule has 0 radical (unpaired) electrons. The van der Waals surface area contributed by atoms with Crippen molar-refractivity contribution in [1.29, 1.82) is 0 Å². The minimum atomic E-state index is -0.157. The topological polar surface area (TPSA) is 12.0 Å². The van der Waals surface area contributed by atoms with Crippen LogP contribution < -0.4 is 5.32 Å². The molecular formula is C15H18FN. The van der Waals surface area contributed by atoms with Crippen LogP contribution in [-0.4, -0.2) is 6.54 Å². The Kier molecular flexibility index (Phi) is 2.65. The van der Waals surface area contributed by atoms with Gasteiger partial charge in [-0.1, -0.05) is 12.2 Å². The van der Waals surface area contributed by atoms with Gasteiger partial charge in [-0.05, 0) is 61.3 Å². The van der Waals surface area contributed by atoms with Gasteiger partial charge in [0, 0.05) is 12.2 Å². The maximum absolute atomic E-state index is 13.0. The Morgan fingerprint density at radius 1 is 1.29 bits per heavy atom. The molecule has 2 bridgehead atoms. The normalized spacial score (nSPS) is 29.9. The second kappa shape index (κ2) is 4.17. The van der Waals surface area contributed by atoms with E-state index in [1.807, 2.05) is 13.0 Å². The first-order valence-corrected chi connectivity index (χ1v) is 6.41. The third-order valence-corrected chi connectivity index (χ3v) is 4.16. The molecule has 0 saturated heterocycles. The van der Waals surface area contributed by atoms with Crippen LogP contribution in [0.2, 0.25) is 0 Å². The van der Waals surface area contributed by atoms with Crippen LogP contribution in [0.3, 0.4) is 0 Å². The third-order valence-electron chi connectivity index (χ3n) is 4.16. The van der Waals surface area contributed by atoms with Crippen molar-refractivity contribution < 1.29 is 4.39 Å². The first-order valence-electron chi connectivity index (χ1n) is 6.41. The fourth-order valence-electron chi connectivity index (χ4n) is 3.20. The fourth-order valence-corrected chi connectivity index (χ4v) is 3.20. The number of fused-ring (bicyclic) bond motifs is 2. The summed E-state index contributed by atoms with van der Waals surface area (Å²) in [6.07, 6.45) is 7.39. The number of benzene rings is 1. The van der Waals surface area contributed by atoms with E-state index in [-0.39, 0.29) is 5.82 Å². The predicted molar refractivity (Wildman–Crippen MR) is 68.5 cm³/mol. The minimum Gasteiger partial charge on any atom is -0.385 e. The minimum absolute atomic E-state index is 0.157. The summed E-state index contributed by atoms with van der Waals surface area (Å²) in [4.78, 5) is 0. The highest BCUT2D eigenvalue weighted by molar-refractivity contribution is 5.50. The number of allylic oxidation sites excluding steroid dienone is 2. The maximum Gasteiger partial charge on any atom is 0.123 e. The molecule has 2 aliphatic rings. The van der Waals surface area contributed by atoms with Gasteiger partial charge in [0.1, 0.15) is 5.82 Å². The smallest absolute Gasteiger partial charge is 0.123 e. The highest BCUT2D eigenvalue weighted by Gasteiger charge is 2.35. The number of rotatable bonds is 3. The van der Waals surface area contributed by atoms with Gasteiger partial charge in [0.15, 0.2) is 0 Å². The van der Waals surface area contributed by atoms with E-state index in [1.165, 1.54) is 18.9 Å². The van der Waals surface area contributed by atoms with Crippen LogP contribution in [0.1, 0.15) is 18.4 Å². The van der Waals surface area contributed by atoms with Crippen molar-refractivity contribution in [2.24, 2.45) is 17.8 Å². The number of halogens is 1. The zero-order valence-electron chi connectivity index (χ0n) is 10.1. The summed E-state index contributed by atoms with van der Waals surface area (Å²) in [5.74, 6) is 2.19. The summed E-state index contributed by atoms with van der Waals surface area (Å²) in [5.41, 5.74) is 2.06. The lowest BCUT2D eigenvalue weighted by Crippen LogP contribution is -2.18. The second-order valence-electron chi connectivity index (χ2n) is 5.38. The first kappa shape index (κ1) is 10.8. The number of anilines is 1. The zero-order chi connectivity index (χ0) is 11.8. The van der Waals surface area contributed by atoms with Crippen molar-refractivity contribution in [3.8, 4) is 0 Å². The largest absolute Gasteiger partial charge is 0.385 e. The molecule has 1 nitrogen and oxygen atoms in total. The van der Waals surface area contributed by atoms with Crippen LogP contribution in [0, 0.1) is 30.5 Å². The lowest BCUT2D eigenvalue weighted by Gasteiger charge is -2.20. The van der Waals surface area contributed by atoms with Gasteiger partial charge < -0.3 is 5.32 Å². The first-order chi connectivity index (χ1) is 8.22. The van der Waals surface area contributed by atoms with Gasteiger partial charge in [0.2, 0.25) is 0 Å². The molecular weight excluding hydrogens is 213 g/mol. The van der Waals surface area contributed by atoms with Crippen molar-refractivity contribution in [2.75, 3.05) is 11.9 Å². The van der Waals surface area contributed by atoms with E-state index >= 15 is 0 Å². The molecule has 90 valence electrons. The fraction of sp³-hybridized carbons (Fsp3) is 0.467. The summed E-state index contributed by atoms with van der Waals surface area (Å²) in [5, 5.41) is 3.47. The Morgan fingerprint density at radius 3 is 2.82 bits per heavy atom. The number of nitrogens with one attached hydrogen (secondary N) is 1. The van der Waals surface area contributed by atoms with Crippen LogP contribution in [0.15, 0.2) is 30.4 Å².